The van der Waals surface area contributed by atoms with Crippen LogP contribution in [0.1, 0.15) is 75.5 Å². The van der Waals surface area contributed by atoms with Gasteiger partial charge in [0.2, 0.25) is 0 Å². The lowest BCUT2D eigenvalue weighted by molar-refractivity contribution is -0.132. The first-order chi connectivity index (χ1) is 11.5. The van der Waals surface area contributed by atoms with Crippen LogP contribution >= 0.6 is 0 Å². The number of benzene rings is 1. The van der Waals surface area contributed by atoms with Crippen molar-refractivity contribution < 1.29 is 9.59 Å². The van der Waals surface area contributed by atoms with Crippen molar-refractivity contribution in [3.8, 4) is 0 Å². The van der Waals surface area contributed by atoms with Gasteiger partial charge in [0.1, 0.15) is 11.6 Å². The molecule has 2 nitrogen and oxygen atoms in total. The molecule has 0 amide bonds. The van der Waals surface area contributed by atoms with E-state index in [4.69, 9.17) is 0 Å². The Balaban J connectivity index is 2.04. The van der Waals surface area contributed by atoms with E-state index in [1.807, 2.05) is 6.07 Å². The van der Waals surface area contributed by atoms with Crippen LogP contribution in [0.3, 0.4) is 0 Å². The number of carbonyl (C=O) groups excluding carboxylic acids is 2. The Hall–Kier alpha value is -1.44. The molecular weight excluding hydrogens is 296 g/mol. The van der Waals surface area contributed by atoms with E-state index >= 15 is 0 Å². The van der Waals surface area contributed by atoms with Crippen molar-refractivity contribution in [1.29, 1.82) is 0 Å². The molecule has 0 radical (unpaired) electrons. The summed E-state index contributed by atoms with van der Waals surface area (Å²) in [5.74, 6) is 0.320. The first-order valence-corrected chi connectivity index (χ1v) is 9.62. The van der Waals surface area contributed by atoms with Gasteiger partial charge in [0.05, 0.1) is 5.92 Å². The second-order valence-corrected chi connectivity index (χ2v) is 7.56. The number of rotatable bonds is 8. The van der Waals surface area contributed by atoms with Gasteiger partial charge in [0.15, 0.2) is 0 Å². The van der Waals surface area contributed by atoms with Gasteiger partial charge in [-0.25, -0.2) is 0 Å². The molecule has 1 aliphatic rings. The SMILES string of the molecule is CCCc1cc(CC(=O)C(CC2CCCCC2)C(C)=O)ccc1C. The van der Waals surface area contributed by atoms with Gasteiger partial charge in [-0.2, -0.15) is 0 Å². The summed E-state index contributed by atoms with van der Waals surface area (Å²) in [5, 5.41) is 0. The summed E-state index contributed by atoms with van der Waals surface area (Å²) in [6.45, 7) is 5.88. The van der Waals surface area contributed by atoms with Crippen molar-refractivity contribution in [2.75, 3.05) is 0 Å². The van der Waals surface area contributed by atoms with Crippen LogP contribution in [0.2, 0.25) is 0 Å². The highest BCUT2D eigenvalue weighted by Crippen LogP contribution is 2.30. The minimum atomic E-state index is -0.399. The lowest BCUT2D eigenvalue weighted by Gasteiger charge is -2.24. The highest BCUT2D eigenvalue weighted by Gasteiger charge is 2.27. The fourth-order valence-corrected chi connectivity index (χ4v) is 3.98. The number of hydrogen-bond acceptors (Lipinski definition) is 2. The Morgan fingerprint density at radius 2 is 1.88 bits per heavy atom. The molecule has 1 aromatic carbocycles. The largest absolute Gasteiger partial charge is 0.299 e. The Labute approximate surface area is 147 Å². The zero-order valence-corrected chi connectivity index (χ0v) is 15.6. The van der Waals surface area contributed by atoms with E-state index in [0.717, 1.165) is 24.8 Å². The summed E-state index contributed by atoms with van der Waals surface area (Å²) < 4.78 is 0. The third-order valence-corrected chi connectivity index (χ3v) is 5.48. The van der Waals surface area contributed by atoms with E-state index in [9.17, 15) is 9.59 Å². The average Bonchev–Trinajstić information content (AvgIpc) is 2.56. The zero-order valence-electron chi connectivity index (χ0n) is 15.6. The van der Waals surface area contributed by atoms with E-state index in [0.29, 0.717) is 12.3 Å². The smallest absolute Gasteiger partial charge is 0.147 e. The zero-order chi connectivity index (χ0) is 17.5. The van der Waals surface area contributed by atoms with Crippen LogP contribution in [-0.2, 0) is 22.4 Å². The lowest BCUT2D eigenvalue weighted by Crippen LogP contribution is -2.27. The summed E-state index contributed by atoms with van der Waals surface area (Å²) in [5.41, 5.74) is 3.68. The number of hydrogen-bond donors (Lipinski definition) is 0. The van der Waals surface area contributed by atoms with Gasteiger partial charge in [-0.3, -0.25) is 9.59 Å². The molecule has 1 fully saturated rings. The fraction of sp³-hybridized carbons (Fsp3) is 0.636. The van der Waals surface area contributed by atoms with Gasteiger partial charge in [-0.05, 0) is 49.3 Å². The summed E-state index contributed by atoms with van der Waals surface area (Å²) >= 11 is 0. The van der Waals surface area contributed by atoms with Crippen molar-refractivity contribution in [3.63, 3.8) is 0 Å². The lowest BCUT2D eigenvalue weighted by atomic mass is 9.79. The third kappa shape index (κ3) is 5.29. The van der Waals surface area contributed by atoms with Gasteiger partial charge < -0.3 is 0 Å². The minimum Gasteiger partial charge on any atom is -0.299 e. The monoisotopic (exact) mass is 328 g/mol. The van der Waals surface area contributed by atoms with E-state index < -0.39 is 5.92 Å². The van der Waals surface area contributed by atoms with Crippen molar-refractivity contribution in [3.05, 3.63) is 34.9 Å². The molecule has 0 bridgehead atoms. The Morgan fingerprint density at radius 1 is 1.17 bits per heavy atom. The second-order valence-electron chi connectivity index (χ2n) is 7.56. The van der Waals surface area contributed by atoms with Crippen LogP contribution in [0, 0.1) is 18.8 Å². The van der Waals surface area contributed by atoms with Crippen LogP contribution in [0.25, 0.3) is 0 Å². The highest BCUT2D eigenvalue weighted by atomic mass is 16.1. The molecule has 1 aliphatic carbocycles. The van der Waals surface area contributed by atoms with E-state index in [-0.39, 0.29) is 11.6 Å². The molecule has 1 aromatic rings. The molecule has 2 rings (SSSR count). The fourth-order valence-electron chi connectivity index (χ4n) is 3.98. The number of aryl methyl sites for hydroxylation is 2. The minimum absolute atomic E-state index is 0.0477. The molecule has 0 spiro atoms. The first kappa shape index (κ1) is 18.9. The van der Waals surface area contributed by atoms with Crippen molar-refractivity contribution in [1.82, 2.24) is 0 Å². The number of ketones is 2. The van der Waals surface area contributed by atoms with Crippen LogP contribution < -0.4 is 0 Å². The molecule has 1 saturated carbocycles. The van der Waals surface area contributed by atoms with Gasteiger partial charge in [-0.15, -0.1) is 0 Å². The van der Waals surface area contributed by atoms with Crippen molar-refractivity contribution in [2.45, 2.75) is 78.6 Å². The average molecular weight is 328 g/mol. The van der Waals surface area contributed by atoms with Crippen LogP contribution in [0.4, 0.5) is 0 Å². The normalized spacial score (nSPS) is 16.8. The summed E-state index contributed by atoms with van der Waals surface area (Å²) in [6.07, 6.45) is 9.49. The summed E-state index contributed by atoms with van der Waals surface area (Å²) in [6, 6.07) is 6.32. The highest BCUT2D eigenvalue weighted by molar-refractivity contribution is 6.02. The number of carbonyl (C=O) groups is 2. The van der Waals surface area contributed by atoms with Gasteiger partial charge in [0.25, 0.3) is 0 Å². The third-order valence-electron chi connectivity index (χ3n) is 5.48. The Bertz CT molecular complexity index is 567. The first-order valence-electron chi connectivity index (χ1n) is 9.62. The topological polar surface area (TPSA) is 34.1 Å². The van der Waals surface area contributed by atoms with Crippen molar-refractivity contribution in [2.24, 2.45) is 11.8 Å². The van der Waals surface area contributed by atoms with Gasteiger partial charge in [-0.1, -0.05) is 63.6 Å². The molecule has 132 valence electrons. The molecule has 1 unspecified atom stereocenters. The Morgan fingerprint density at radius 3 is 2.50 bits per heavy atom. The molecule has 0 aliphatic heterocycles. The van der Waals surface area contributed by atoms with Gasteiger partial charge >= 0.3 is 0 Å². The van der Waals surface area contributed by atoms with E-state index in [1.165, 1.54) is 43.2 Å². The maximum absolute atomic E-state index is 12.8. The molecule has 0 N–H and O–H groups in total. The standard InChI is InChI=1S/C22H32O2/c1-4-8-20-13-19(12-11-16(20)2)15-22(24)21(17(3)23)14-18-9-6-5-7-10-18/h11-13,18,21H,4-10,14-15H2,1-3H3. The maximum Gasteiger partial charge on any atom is 0.147 e. The quantitative estimate of drug-likeness (QED) is 0.612. The molecule has 2 heteroatoms. The number of Topliss-reactive ketones (excluding diaryl/α,β-unsaturated/α-hetero) is 2. The Kier molecular flexibility index (Phi) is 7.20. The predicted molar refractivity (Wildman–Crippen MR) is 99.2 cm³/mol. The summed E-state index contributed by atoms with van der Waals surface area (Å²) in [4.78, 5) is 24.8. The molecule has 0 saturated heterocycles. The predicted octanol–water partition coefficient (Wildman–Crippen LogP) is 5.23. The molecule has 0 heterocycles. The van der Waals surface area contributed by atoms with Crippen molar-refractivity contribution >= 4 is 11.6 Å². The molecule has 1 atom stereocenters. The van der Waals surface area contributed by atoms with Crippen LogP contribution in [0.15, 0.2) is 18.2 Å². The van der Waals surface area contributed by atoms with Crippen LogP contribution in [-0.4, -0.2) is 11.6 Å². The maximum atomic E-state index is 12.8. The van der Waals surface area contributed by atoms with E-state index in [1.54, 1.807) is 6.92 Å². The van der Waals surface area contributed by atoms with E-state index in [2.05, 4.69) is 26.0 Å². The van der Waals surface area contributed by atoms with Gasteiger partial charge in [0, 0.05) is 6.42 Å². The molecule has 0 aromatic heterocycles. The van der Waals surface area contributed by atoms with Crippen LogP contribution in [0.5, 0.6) is 0 Å². The summed E-state index contributed by atoms with van der Waals surface area (Å²) in [7, 11) is 0. The second kappa shape index (κ2) is 9.15. The molecular formula is C22H32O2. The molecule has 24 heavy (non-hydrogen) atoms.